The molecule has 3 N–H and O–H groups in total. The fourth-order valence-electron chi connectivity index (χ4n) is 2.97. The van der Waals surface area contributed by atoms with Crippen LogP contribution in [-0.2, 0) is 24.4 Å². The normalized spacial score (nSPS) is 19.9. The number of nitrogens with two attached hydrogens (primary N) is 1. The molecule has 148 valence electrons. The van der Waals surface area contributed by atoms with Crippen LogP contribution >= 0.6 is 0 Å². The van der Waals surface area contributed by atoms with E-state index in [0.29, 0.717) is 12.8 Å². The highest BCUT2D eigenvalue weighted by Gasteiger charge is 2.33. The highest BCUT2D eigenvalue weighted by atomic mass is 32.2. The van der Waals surface area contributed by atoms with Crippen molar-refractivity contribution in [3.05, 3.63) is 24.4 Å². The largest absolute Gasteiger partial charge is 0.370 e. The van der Waals surface area contributed by atoms with E-state index in [-0.39, 0.29) is 48.6 Å². The molecule has 0 aliphatic carbocycles. The second-order valence-electron chi connectivity index (χ2n) is 6.71. The number of pyridine rings is 1. The number of rotatable bonds is 7. The quantitative estimate of drug-likeness (QED) is 0.655. The molecule has 1 saturated heterocycles. The second-order valence-corrected chi connectivity index (χ2v) is 8.60. The van der Waals surface area contributed by atoms with Crippen molar-refractivity contribution in [2.45, 2.75) is 43.7 Å². The SMILES string of the molecule is C[C@@H](CC(N)=O)CC(=O)NC1CCCN(S(=O)(=O)c2ccccn2)CC1=O. The smallest absolute Gasteiger partial charge is 0.260 e. The van der Waals surface area contributed by atoms with Crippen LogP contribution in [0.2, 0.25) is 0 Å². The van der Waals surface area contributed by atoms with E-state index in [1.54, 1.807) is 19.1 Å². The lowest BCUT2D eigenvalue weighted by Crippen LogP contribution is -2.44. The van der Waals surface area contributed by atoms with Crippen molar-refractivity contribution < 1.29 is 22.8 Å². The summed E-state index contributed by atoms with van der Waals surface area (Å²) in [4.78, 5) is 39.3. The zero-order chi connectivity index (χ0) is 20.0. The Balaban J connectivity index is 2.00. The summed E-state index contributed by atoms with van der Waals surface area (Å²) in [7, 11) is -3.87. The van der Waals surface area contributed by atoms with Crippen molar-refractivity contribution in [1.82, 2.24) is 14.6 Å². The molecule has 27 heavy (non-hydrogen) atoms. The summed E-state index contributed by atoms with van der Waals surface area (Å²) in [6.45, 7) is 1.58. The van der Waals surface area contributed by atoms with E-state index >= 15 is 0 Å². The van der Waals surface area contributed by atoms with E-state index in [0.717, 1.165) is 4.31 Å². The van der Waals surface area contributed by atoms with Crippen LogP contribution in [0.15, 0.2) is 29.4 Å². The van der Waals surface area contributed by atoms with Gasteiger partial charge in [0.1, 0.15) is 0 Å². The minimum atomic E-state index is -3.87. The van der Waals surface area contributed by atoms with Crippen LogP contribution in [-0.4, -0.2) is 54.4 Å². The van der Waals surface area contributed by atoms with Crippen LogP contribution in [0.1, 0.15) is 32.6 Å². The number of nitrogens with one attached hydrogen (secondary N) is 1. The highest BCUT2D eigenvalue weighted by molar-refractivity contribution is 7.89. The number of amides is 2. The molecule has 0 radical (unpaired) electrons. The molecule has 2 amide bonds. The van der Waals surface area contributed by atoms with Gasteiger partial charge in [0.25, 0.3) is 10.0 Å². The Morgan fingerprint density at radius 3 is 2.74 bits per heavy atom. The third-order valence-electron chi connectivity index (χ3n) is 4.28. The molecule has 1 aliphatic rings. The molecule has 9 nitrogen and oxygen atoms in total. The summed E-state index contributed by atoms with van der Waals surface area (Å²) in [5.41, 5.74) is 5.11. The monoisotopic (exact) mass is 396 g/mol. The fourth-order valence-corrected chi connectivity index (χ4v) is 4.35. The number of sulfonamides is 1. The summed E-state index contributed by atoms with van der Waals surface area (Å²) < 4.78 is 26.4. The number of carbonyl (C=O) groups is 3. The predicted molar refractivity (Wildman–Crippen MR) is 96.8 cm³/mol. The zero-order valence-corrected chi connectivity index (χ0v) is 15.9. The van der Waals surface area contributed by atoms with E-state index in [2.05, 4.69) is 10.3 Å². The maximum Gasteiger partial charge on any atom is 0.260 e. The van der Waals surface area contributed by atoms with Crippen LogP contribution < -0.4 is 11.1 Å². The second kappa shape index (κ2) is 9.05. The summed E-state index contributed by atoms with van der Waals surface area (Å²) in [5, 5.41) is 2.54. The minimum absolute atomic E-state index is 0.0721. The van der Waals surface area contributed by atoms with Crippen LogP contribution in [0, 0.1) is 5.92 Å². The van der Waals surface area contributed by atoms with Crippen LogP contribution in [0.4, 0.5) is 0 Å². The summed E-state index contributed by atoms with van der Waals surface area (Å²) in [6.07, 6.45) is 2.32. The molecule has 1 unspecified atom stereocenters. The Bertz CT molecular complexity index is 797. The standard InChI is InChI=1S/C17H24N4O5S/c1-12(9-15(18)23)10-16(24)20-13-5-4-8-21(11-14(13)22)27(25,26)17-6-2-3-7-19-17/h2-3,6-7,12-13H,4-5,8-11H2,1H3,(H2,18,23)(H,20,24)/t12-,13?/m0/s1. The van der Waals surface area contributed by atoms with Crippen LogP contribution in [0.3, 0.4) is 0 Å². The zero-order valence-electron chi connectivity index (χ0n) is 15.1. The van der Waals surface area contributed by atoms with Gasteiger partial charge < -0.3 is 11.1 Å². The number of nitrogens with zero attached hydrogens (tertiary/aromatic N) is 2. The first-order valence-corrected chi connectivity index (χ1v) is 10.2. The predicted octanol–water partition coefficient (Wildman–Crippen LogP) is -0.178. The molecule has 2 rings (SSSR count). The lowest BCUT2D eigenvalue weighted by atomic mass is 10.0. The summed E-state index contributed by atoms with van der Waals surface area (Å²) >= 11 is 0. The van der Waals surface area contributed by atoms with E-state index < -0.39 is 22.0 Å². The topological polar surface area (TPSA) is 140 Å². The number of aromatic nitrogens is 1. The lowest BCUT2D eigenvalue weighted by Gasteiger charge is -2.19. The first kappa shape index (κ1) is 21.0. The molecule has 1 aromatic rings. The minimum Gasteiger partial charge on any atom is -0.370 e. The molecule has 0 bridgehead atoms. The lowest BCUT2D eigenvalue weighted by molar-refractivity contribution is -0.128. The Morgan fingerprint density at radius 2 is 2.11 bits per heavy atom. The van der Waals surface area contributed by atoms with Gasteiger partial charge in [-0.2, -0.15) is 4.31 Å². The Hall–Kier alpha value is -2.33. The van der Waals surface area contributed by atoms with Gasteiger partial charge in [0, 0.05) is 25.6 Å². The first-order chi connectivity index (χ1) is 12.7. The van der Waals surface area contributed by atoms with Gasteiger partial charge in [0.05, 0.1) is 12.6 Å². The van der Waals surface area contributed by atoms with Crippen molar-refractivity contribution in [2.24, 2.45) is 11.7 Å². The number of hydrogen-bond donors (Lipinski definition) is 2. The van der Waals surface area contributed by atoms with E-state index in [1.807, 2.05) is 0 Å². The van der Waals surface area contributed by atoms with Crippen molar-refractivity contribution in [1.29, 1.82) is 0 Å². The molecule has 10 heteroatoms. The molecule has 0 aromatic carbocycles. The Kier molecular flexibility index (Phi) is 7.03. The average molecular weight is 396 g/mol. The van der Waals surface area contributed by atoms with Crippen molar-refractivity contribution in [3.63, 3.8) is 0 Å². The van der Waals surface area contributed by atoms with Gasteiger partial charge in [0.15, 0.2) is 10.8 Å². The Morgan fingerprint density at radius 1 is 1.37 bits per heavy atom. The average Bonchev–Trinajstić information content (AvgIpc) is 2.77. The van der Waals surface area contributed by atoms with Gasteiger partial charge in [0.2, 0.25) is 11.8 Å². The van der Waals surface area contributed by atoms with Crippen molar-refractivity contribution >= 4 is 27.6 Å². The van der Waals surface area contributed by atoms with Crippen molar-refractivity contribution in [2.75, 3.05) is 13.1 Å². The summed E-state index contributed by atoms with van der Waals surface area (Å²) in [6, 6.07) is 3.80. The van der Waals surface area contributed by atoms with Crippen LogP contribution in [0.25, 0.3) is 0 Å². The van der Waals surface area contributed by atoms with Crippen LogP contribution in [0.5, 0.6) is 0 Å². The van der Waals surface area contributed by atoms with E-state index in [1.165, 1.54) is 12.3 Å². The first-order valence-electron chi connectivity index (χ1n) is 8.71. The van der Waals surface area contributed by atoms with Gasteiger partial charge in [-0.1, -0.05) is 13.0 Å². The molecular weight excluding hydrogens is 372 g/mol. The third-order valence-corrected chi connectivity index (χ3v) is 6.04. The van der Waals surface area contributed by atoms with Gasteiger partial charge in [-0.15, -0.1) is 0 Å². The Labute approximate surface area is 158 Å². The van der Waals surface area contributed by atoms with E-state index in [9.17, 15) is 22.8 Å². The molecule has 0 saturated carbocycles. The molecule has 1 fully saturated rings. The number of Topliss-reactive ketones (excluding diaryl/α,β-unsaturated/α-hetero) is 1. The maximum absolute atomic E-state index is 12.6. The molecule has 2 atom stereocenters. The third kappa shape index (κ3) is 5.83. The van der Waals surface area contributed by atoms with Gasteiger partial charge in [-0.3, -0.25) is 14.4 Å². The van der Waals surface area contributed by atoms with Gasteiger partial charge in [-0.05, 0) is 30.9 Å². The van der Waals surface area contributed by atoms with Gasteiger partial charge >= 0.3 is 0 Å². The van der Waals surface area contributed by atoms with Gasteiger partial charge in [-0.25, -0.2) is 13.4 Å². The molecule has 1 aliphatic heterocycles. The van der Waals surface area contributed by atoms with E-state index in [4.69, 9.17) is 5.73 Å². The van der Waals surface area contributed by atoms with Crippen molar-refractivity contribution in [3.8, 4) is 0 Å². The summed E-state index contributed by atoms with van der Waals surface area (Å²) in [5.74, 6) is -1.45. The number of ketones is 1. The molecule has 2 heterocycles. The highest BCUT2D eigenvalue weighted by Crippen LogP contribution is 2.18. The number of carbonyl (C=O) groups excluding carboxylic acids is 3. The number of primary amides is 1. The maximum atomic E-state index is 12.6. The number of hydrogen-bond acceptors (Lipinski definition) is 6. The molecule has 0 spiro atoms. The molecule has 1 aromatic heterocycles. The molecular formula is C17H24N4O5S. The fraction of sp³-hybridized carbons (Fsp3) is 0.529.